The van der Waals surface area contributed by atoms with Crippen molar-refractivity contribution in [3.05, 3.63) is 53.6 Å². The predicted octanol–water partition coefficient (Wildman–Crippen LogP) is 4.85. The van der Waals surface area contributed by atoms with Crippen molar-refractivity contribution in [1.82, 2.24) is 10.1 Å². The minimum atomic E-state index is 0.456. The number of hydrogen-bond donors (Lipinski definition) is 0. The molecule has 0 bridgehead atoms. The van der Waals surface area contributed by atoms with Gasteiger partial charge in [0.1, 0.15) is 5.75 Å². The third kappa shape index (κ3) is 3.12. The smallest absolute Gasteiger partial charge is 0.258 e. The van der Waals surface area contributed by atoms with Crippen LogP contribution in [0.25, 0.3) is 22.8 Å². The molecular weight excluding hydrogens is 300 g/mol. The number of aromatic nitrogens is 2. The molecule has 0 fully saturated rings. The van der Waals surface area contributed by atoms with Crippen LogP contribution >= 0.6 is 11.6 Å². The molecule has 0 aliphatic carbocycles. The van der Waals surface area contributed by atoms with Crippen LogP contribution in [0.5, 0.6) is 5.75 Å². The zero-order valence-electron chi connectivity index (χ0n) is 12.1. The molecule has 0 atom stereocenters. The Labute approximate surface area is 133 Å². The lowest BCUT2D eigenvalue weighted by Gasteiger charge is -2.03. The first-order chi connectivity index (χ1) is 10.8. The van der Waals surface area contributed by atoms with Gasteiger partial charge < -0.3 is 9.26 Å². The summed E-state index contributed by atoms with van der Waals surface area (Å²) in [4.78, 5) is 4.40. The maximum atomic E-state index is 6.15. The van der Waals surface area contributed by atoms with Crippen LogP contribution in [0.1, 0.15) is 13.3 Å². The Morgan fingerprint density at radius 2 is 1.86 bits per heavy atom. The van der Waals surface area contributed by atoms with Gasteiger partial charge in [-0.1, -0.05) is 35.8 Å². The summed E-state index contributed by atoms with van der Waals surface area (Å²) in [5.41, 5.74) is 1.59. The van der Waals surface area contributed by atoms with E-state index in [4.69, 9.17) is 20.9 Å². The Balaban J connectivity index is 1.83. The van der Waals surface area contributed by atoms with E-state index in [2.05, 4.69) is 17.1 Å². The average molecular weight is 315 g/mol. The Kier molecular flexibility index (Phi) is 4.39. The highest BCUT2D eigenvalue weighted by Crippen LogP contribution is 2.28. The van der Waals surface area contributed by atoms with Crippen LogP contribution in [-0.2, 0) is 0 Å². The Hall–Kier alpha value is -2.33. The molecule has 0 saturated carbocycles. The van der Waals surface area contributed by atoms with Gasteiger partial charge in [0.2, 0.25) is 5.82 Å². The molecule has 3 rings (SSSR count). The number of nitrogens with zero attached hydrogens (tertiary/aromatic N) is 2. The quantitative estimate of drug-likeness (QED) is 0.675. The zero-order valence-corrected chi connectivity index (χ0v) is 12.9. The summed E-state index contributed by atoms with van der Waals surface area (Å²) >= 11 is 6.15. The molecule has 1 heterocycles. The molecule has 3 aromatic rings. The molecule has 1 aromatic heterocycles. The van der Waals surface area contributed by atoms with Gasteiger partial charge in [0, 0.05) is 11.1 Å². The van der Waals surface area contributed by atoms with E-state index >= 15 is 0 Å². The normalized spacial score (nSPS) is 10.6. The van der Waals surface area contributed by atoms with E-state index in [1.54, 1.807) is 6.07 Å². The highest BCUT2D eigenvalue weighted by molar-refractivity contribution is 6.33. The second-order valence-electron chi connectivity index (χ2n) is 4.78. The maximum absolute atomic E-state index is 6.15. The highest BCUT2D eigenvalue weighted by atomic mass is 35.5. The van der Waals surface area contributed by atoms with E-state index in [0.717, 1.165) is 23.3 Å². The molecule has 0 radical (unpaired) electrons. The monoisotopic (exact) mass is 314 g/mol. The van der Waals surface area contributed by atoms with Crippen molar-refractivity contribution in [2.75, 3.05) is 6.61 Å². The van der Waals surface area contributed by atoms with Crippen molar-refractivity contribution in [3.8, 4) is 28.6 Å². The summed E-state index contributed by atoms with van der Waals surface area (Å²) in [7, 11) is 0. The summed E-state index contributed by atoms with van der Waals surface area (Å²) in [6.07, 6.45) is 0.979. The van der Waals surface area contributed by atoms with Crippen LogP contribution in [-0.4, -0.2) is 16.7 Å². The lowest BCUT2D eigenvalue weighted by molar-refractivity contribution is 0.317. The van der Waals surface area contributed by atoms with Crippen molar-refractivity contribution in [3.63, 3.8) is 0 Å². The Bertz CT molecular complexity index is 753. The summed E-state index contributed by atoms with van der Waals surface area (Å²) in [6.45, 7) is 2.78. The van der Waals surface area contributed by atoms with Crippen molar-refractivity contribution in [2.24, 2.45) is 0 Å². The lowest BCUT2D eigenvalue weighted by Crippen LogP contribution is -1.94. The number of benzene rings is 2. The van der Waals surface area contributed by atoms with Gasteiger partial charge in [0.25, 0.3) is 5.89 Å². The molecule has 0 aliphatic heterocycles. The molecule has 2 aromatic carbocycles. The SMILES string of the molecule is CCCOc1ccc(-c2nc(-c3ccccc3Cl)no2)cc1. The van der Waals surface area contributed by atoms with Gasteiger partial charge in [-0.05, 0) is 42.8 Å². The molecule has 0 saturated heterocycles. The molecule has 112 valence electrons. The van der Waals surface area contributed by atoms with Gasteiger partial charge in [-0.25, -0.2) is 0 Å². The topological polar surface area (TPSA) is 48.2 Å². The van der Waals surface area contributed by atoms with Crippen LogP contribution in [0.4, 0.5) is 0 Å². The molecular formula is C17H15ClN2O2. The van der Waals surface area contributed by atoms with Gasteiger partial charge in [-0.2, -0.15) is 4.98 Å². The van der Waals surface area contributed by atoms with Crippen LogP contribution in [0.2, 0.25) is 5.02 Å². The van der Waals surface area contributed by atoms with Gasteiger partial charge >= 0.3 is 0 Å². The standard InChI is InChI=1S/C17H15ClN2O2/c1-2-11-21-13-9-7-12(8-10-13)17-19-16(20-22-17)14-5-3-4-6-15(14)18/h3-10H,2,11H2,1H3. The molecule has 0 N–H and O–H groups in total. The van der Waals surface area contributed by atoms with E-state index in [0.29, 0.717) is 23.3 Å². The molecule has 22 heavy (non-hydrogen) atoms. The molecule has 4 nitrogen and oxygen atoms in total. The fourth-order valence-corrected chi connectivity index (χ4v) is 2.23. The Morgan fingerprint density at radius 3 is 2.59 bits per heavy atom. The van der Waals surface area contributed by atoms with Crippen molar-refractivity contribution >= 4 is 11.6 Å². The minimum Gasteiger partial charge on any atom is -0.494 e. The van der Waals surface area contributed by atoms with Gasteiger partial charge in [0.15, 0.2) is 0 Å². The van der Waals surface area contributed by atoms with Crippen molar-refractivity contribution in [2.45, 2.75) is 13.3 Å². The van der Waals surface area contributed by atoms with Crippen LogP contribution < -0.4 is 4.74 Å². The number of halogens is 1. The molecule has 0 unspecified atom stereocenters. The molecule has 0 spiro atoms. The fraction of sp³-hybridized carbons (Fsp3) is 0.176. The minimum absolute atomic E-state index is 0.456. The number of hydrogen-bond acceptors (Lipinski definition) is 4. The second kappa shape index (κ2) is 6.62. The first kappa shape index (κ1) is 14.6. The van der Waals surface area contributed by atoms with Crippen molar-refractivity contribution < 1.29 is 9.26 Å². The first-order valence-electron chi connectivity index (χ1n) is 7.10. The van der Waals surface area contributed by atoms with E-state index in [1.807, 2.05) is 42.5 Å². The third-order valence-corrected chi connectivity index (χ3v) is 3.44. The fourth-order valence-electron chi connectivity index (χ4n) is 2.01. The largest absolute Gasteiger partial charge is 0.494 e. The number of ether oxygens (including phenoxy) is 1. The van der Waals surface area contributed by atoms with E-state index in [1.165, 1.54) is 0 Å². The molecule has 5 heteroatoms. The first-order valence-corrected chi connectivity index (χ1v) is 7.47. The van der Waals surface area contributed by atoms with Crippen molar-refractivity contribution in [1.29, 1.82) is 0 Å². The van der Waals surface area contributed by atoms with E-state index < -0.39 is 0 Å². The summed E-state index contributed by atoms with van der Waals surface area (Å²) in [5.74, 6) is 1.76. The number of rotatable bonds is 5. The second-order valence-corrected chi connectivity index (χ2v) is 5.18. The van der Waals surface area contributed by atoms with E-state index in [-0.39, 0.29) is 0 Å². The van der Waals surface area contributed by atoms with Crippen LogP contribution in [0, 0.1) is 0 Å². The summed E-state index contributed by atoms with van der Waals surface area (Å²) < 4.78 is 10.9. The molecule has 0 amide bonds. The van der Waals surface area contributed by atoms with Crippen LogP contribution in [0.15, 0.2) is 53.1 Å². The van der Waals surface area contributed by atoms with Gasteiger partial charge in [-0.15, -0.1) is 0 Å². The molecule has 0 aliphatic rings. The third-order valence-electron chi connectivity index (χ3n) is 3.11. The van der Waals surface area contributed by atoms with Crippen LogP contribution in [0.3, 0.4) is 0 Å². The average Bonchev–Trinajstić information content (AvgIpc) is 3.03. The summed E-state index contributed by atoms with van der Waals surface area (Å²) in [5, 5.41) is 4.59. The maximum Gasteiger partial charge on any atom is 0.258 e. The van der Waals surface area contributed by atoms with Gasteiger partial charge in [-0.3, -0.25) is 0 Å². The highest BCUT2D eigenvalue weighted by Gasteiger charge is 2.12. The summed E-state index contributed by atoms with van der Waals surface area (Å²) in [6, 6.07) is 15.0. The zero-order chi connectivity index (χ0) is 15.4. The lowest BCUT2D eigenvalue weighted by atomic mass is 10.2. The van der Waals surface area contributed by atoms with E-state index in [9.17, 15) is 0 Å². The predicted molar refractivity (Wildman–Crippen MR) is 86.0 cm³/mol. The Morgan fingerprint density at radius 1 is 1.09 bits per heavy atom. The van der Waals surface area contributed by atoms with Gasteiger partial charge in [0.05, 0.1) is 11.6 Å².